The Bertz CT molecular complexity index is 664. The zero-order valence-corrected chi connectivity index (χ0v) is 14.1. The van der Waals surface area contributed by atoms with Crippen LogP contribution in [0, 0.1) is 5.92 Å². The Hall–Kier alpha value is -2.33. The molecule has 0 bridgehead atoms. The Balaban J connectivity index is 1.49. The van der Waals surface area contributed by atoms with E-state index in [0.29, 0.717) is 0 Å². The molecule has 1 N–H and O–H groups in total. The van der Waals surface area contributed by atoms with Crippen molar-refractivity contribution in [3.05, 3.63) is 60.2 Å². The molecule has 1 heterocycles. The second-order valence-electron chi connectivity index (χ2n) is 6.26. The molecule has 3 rings (SSSR count). The molecule has 1 fully saturated rings. The average molecular weight is 324 g/mol. The fraction of sp³-hybridized carbons (Fsp3) is 0.350. The third kappa shape index (κ3) is 4.36. The molecule has 0 spiro atoms. The minimum absolute atomic E-state index is 0.103. The van der Waals surface area contributed by atoms with E-state index in [1.807, 2.05) is 42.5 Å². The molecule has 1 aliphatic rings. The monoisotopic (exact) mass is 324 g/mol. The molecule has 2 aromatic rings. The van der Waals surface area contributed by atoms with Crippen LogP contribution in [0.4, 0.5) is 5.69 Å². The predicted molar refractivity (Wildman–Crippen MR) is 96.1 cm³/mol. The number of hydrogen-bond acceptors (Lipinski definition) is 3. The van der Waals surface area contributed by atoms with Crippen LogP contribution in [0.3, 0.4) is 0 Å². The van der Waals surface area contributed by atoms with E-state index < -0.39 is 0 Å². The van der Waals surface area contributed by atoms with Gasteiger partial charge in [-0.25, -0.2) is 0 Å². The molecule has 24 heavy (non-hydrogen) atoms. The van der Waals surface area contributed by atoms with Crippen molar-refractivity contribution < 1.29 is 9.53 Å². The highest BCUT2D eigenvalue weighted by Gasteiger charge is 2.25. The highest BCUT2D eigenvalue weighted by molar-refractivity contribution is 5.92. The Morgan fingerprint density at radius 3 is 2.58 bits per heavy atom. The standard InChI is InChI=1S/C20H24N2O2/c1-24-19-9-5-6-16(14-19)15-22-12-10-17(11-13-22)20(23)21-18-7-3-2-4-8-18/h2-9,14,17H,10-13,15H2,1H3,(H,21,23). The van der Waals surface area contributed by atoms with Crippen molar-refractivity contribution >= 4 is 11.6 Å². The lowest BCUT2D eigenvalue weighted by atomic mass is 9.95. The van der Waals surface area contributed by atoms with E-state index in [-0.39, 0.29) is 11.8 Å². The lowest BCUT2D eigenvalue weighted by molar-refractivity contribution is -0.121. The van der Waals surface area contributed by atoms with Crippen LogP contribution < -0.4 is 10.1 Å². The van der Waals surface area contributed by atoms with Gasteiger partial charge in [-0.15, -0.1) is 0 Å². The van der Waals surface area contributed by atoms with Crippen LogP contribution in [0.2, 0.25) is 0 Å². The lowest BCUT2D eigenvalue weighted by Gasteiger charge is -2.31. The minimum Gasteiger partial charge on any atom is -0.497 e. The number of hydrogen-bond donors (Lipinski definition) is 1. The van der Waals surface area contributed by atoms with Crippen molar-refractivity contribution in [1.82, 2.24) is 4.90 Å². The maximum atomic E-state index is 12.4. The highest BCUT2D eigenvalue weighted by atomic mass is 16.5. The van der Waals surface area contributed by atoms with E-state index in [4.69, 9.17) is 4.74 Å². The minimum atomic E-state index is 0.103. The van der Waals surface area contributed by atoms with Crippen LogP contribution in [-0.4, -0.2) is 31.0 Å². The second kappa shape index (κ2) is 7.97. The Kier molecular flexibility index (Phi) is 5.49. The summed E-state index contributed by atoms with van der Waals surface area (Å²) >= 11 is 0. The van der Waals surface area contributed by atoms with Gasteiger partial charge in [0.1, 0.15) is 5.75 Å². The molecule has 1 amide bonds. The molecule has 4 nitrogen and oxygen atoms in total. The Morgan fingerprint density at radius 2 is 1.88 bits per heavy atom. The Labute approximate surface area is 143 Å². The van der Waals surface area contributed by atoms with Crippen LogP contribution in [0.5, 0.6) is 5.75 Å². The van der Waals surface area contributed by atoms with Gasteiger partial charge < -0.3 is 10.1 Å². The number of ether oxygens (including phenoxy) is 1. The van der Waals surface area contributed by atoms with Crippen LogP contribution in [0.1, 0.15) is 18.4 Å². The predicted octanol–water partition coefficient (Wildman–Crippen LogP) is 3.55. The van der Waals surface area contributed by atoms with Gasteiger partial charge in [0.25, 0.3) is 0 Å². The average Bonchev–Trinajstić information content (AvgIpc) is 2.63. The molecule has 0 atom stereocenters. The van der Waals surface area contributed by atoms with Crippen LogP contribution in [-0.2, 0) is 11.3 Å². The zero-order chi connectivity index (χ0) is 16.8. The number of nitrogens with one attached hydrogen (secondary N) is 1. The largest absolute Gasteiger partial charge is 0.497 e. The maximum absolute atomic E-state index is 12.4. The fourth-order valence-electron chi connectivity index (χ4n) is 3.15. The van der Waals surface area contributed by atoms with Crippen LogP contribution in [0.15, 0.2) is 54.6 Å². The SMILES string of the molecule is COc1cccc(CN2CCC(C(=O)Nc3ccccc3)CC2)c1. The zero-order valence-electron chi connectivity index (χ0n) is 14.1. The summed E-state index contributed by atoms with van der Waals surface area (Å²) in [5, 5.41) is 3.02. The van der Waals surface area contributed by atoms with Crippen LogP contribution >= 0.6 is 0 Å². The number of amides is 1. The number of benzene rings is 2. The van der Waals surface area contributed by atoms with Gasteiger partial charge in [0.2, 0.25) is 5.91 Å². The molecule has 126 valence electrons. The molecule has 2 aromatic carbocycles. The van der Waals surface area contributed by atoms with E-state index in [2.05, 4.69) is 22.3 Å². The van der Waals surface area contributed by atoms with Gasteiger partial charge in [0, 0.05) is 18.2 Å². The molecule has 0 saturated carbocycles. The summed E-state index contributed by atoms with van der Waals surface area (Å²) in [6, 6.07) is 17.9. The van der Waals surface area contributed by atoms with E-state index in [1.165, 1.54) is 5.56 Å². The first-order chi connectivity index (χ1) is 11.7. The van der Waals surface area contributed by atoms with Gasteiger partial charge in [-0.1, -0.05) is 30.3 Å². The highest BCUT2D eigenvalue weighted by Crippen LogP contribution is 2.22. The lowest BCUT2D eigenvalue weighted by Crippen LogP contribution is -2.37. The molecule has 0 aliphatic carbocycles. The van der Waals surface area contributed by atoms with Gasteiger partial charge in [0.15, 0.2) is 0 Å². The Morgan fingerprint density at radius 1 is 1.12 bits per heavy atom. The first-order valence-corrected chi connectivity index (χ1v) is 8.46. The topological polar surface area (TPSA) is 41.6 Å². The van der Waals surface area contributed by atoms with Gasteiger partial charge in [-0.05, 0) is 55.8 Å². The van der Waals surface area contributed by atoms with Crippen molar-refractivity contribution in [1.29, 1.82) is 0 Å². The summed E-state index contributed by atoms with van der Waals surface area (Å²) in [4.78, 5) is 14.8. The molecular weight excluding hydrogens is 300 g/mol. The number of para-hydroxylation sites is 1. The number of rotatable bonds is 5. The van der Waals surface area contributed by atoms with Gasteiger partial charge >= 0.3 is 0 Å². The summed E-state index contributed by atoms with van der Waals surface area (Å²) < 4.78 is 5.28. The van der Waals surface area contributed by atoms with Crippen LogP contribution in [0.25, 0.3) is 0 Å². The molecule has 1 aliphatic heterocycles. The van der Waals surface area contributed by atoms with E-state index in [1.54, 1.807) is 7.11 Å². The summed E-state index contributed by atoms with van der Waals surface area (Å²) in [7, 11) is 1.69. The molecule has 4 heteroatoms. The summed E-state index contributed by atoms with van der Waals surface area (Å²) in [6.07, 6.45) is 1.81. The quantitative estimate of drug-likeness (QED) is 0.914. The maximum Gasteiger partial charge on any atom is 0.227 e. The second-order valence-corrected chi connectivity index (χ2v) is 6.26. The van der Waals surface area contributed by atoms with E-state index in [0.717, 1.165) is 43.9 Å². The first kappa shape index (κ1) is 16.5. The van der Waals surface area contributed by atoms with Crippen molar-refractivity contribution in [2.75, 3.05) is 25.5 Å². The summed E-state index contributed by atoms with van der Waals surface area (Å²) in [5.74, 6) is 1.14. The molecule has 0 radical (unpaired) electrons. The summed E-state index contributed by atoms with van der Waals surface area (Å²) in [6.45, 7) is 2.80. The molecular formula is C20H24N2O2. The molecule has 0 aromatic heterocycles. The number of nitrogens with zero attached hydrogens (tertiary/aromatic N) is 1. The number of piperidine rings is 1. The number of anilines is 1. The van der Waals surface area contributed by atoms with Gasteiger partial charge in [0.05, 0.1) is 7.11 Å². The van der Waals surface area contributed by atoms with Crippen molar-refractivity contribution in [2.45, 2.75) is 19.4 Å². The van der Waals surface area contributed by atoms with E-state index in [9.17, 15) is 4.79 Å². The first-order valence-electron chi connectivity index (χ1n) is 8.46. The third-order valence-electron chi connectivity index (χ3n) is 4.54. The van der Waals surface area contributed by atoms with Crippen molar-refractivity contribution in [3.8, 4) is 5.75 Å². The summed E-state index contributed by atoms with van der Waals surface area (Å²) in [5.41, 5.74) is 2.13. The van der Waals surface area contributed by atoms with Crippen molar-refractivity contribution in [3.63, 3.8) is 0 Å². The van der Waals surface area contributed by atoms with Crippen molar-refractivity contribution in [2.24, 2.45) is 5.92 Å². The molecule has 1 saturated heterocycles. The third-order valence-corrected chi connectivity index (χ3v) is 4.54. The number of carbonyl (C=O) groups excluding carboxylic acids is 1. The molecule has 0 unspecified atom stereocenters. The number of methoxy groups -OCH3 is 1. The van der Waals surface area contributed by atoms with E-state index >= 15 is 0 Å². The normalized spacial score (nSPS) is 15.9. The number of carbonyl (C=O) groups is 1. The number of likely N-dealkylation sites (tertiary alicyclic amines) is 1. The van der Waals surface area contributed by atoms with Gasteiger partial charge in [-0.2, -0.15) is 0 Å². The smallest absolute Gasteiger partial charge is 0.227 e. The van der Waals surface area contributed by atoms with Gasteiger partial charge in [-0.3, -0.25) is 9.69 Å². The fourth-order valence-corrected chi connectivity index (χ4v) is 3.15.